The van der Waals surface area contributed by atoms with Gasteiger partial charge in [-0.1, -0.05) is 50.0 Å². The van der Waals surface area contributed by atoms with Gasteiger partial charge in [-0.05, 0) is 104 Å². The van der Waals surface area contributed by atoms with Crippen molar-refractivity contribution < 1.29 is 9.90 Å². The Hall–Kier alpha value is -3.34. The number of carbonyl (C=O) groups excluding carboxylic acids is 1. The number of carbonyl (C=O) groups is 1. The molecule has 5 atom stereocenters. The Morgan fingerprint density at radius 1 is 1.10 bits per heavy atom. The quantitative estimate of drug-likeness (QED) is 0.208. The van der Waals surface area contributed by atoms with E-state index in [0.717, 1.165) is 30.5 Å². The topological polar surface area (TPSA) is 115 Å². The first-order valence-corrected chi connectivity index (χ1v) is 18.9. The molecular formula is C38H49Cl2N7O3. The molecule has 0 radical (unpaired) electrons. The summed E-state index contributed by atoms with van der Waals surface area (Å²) in [5.74, 6) is 3.29. The van der Waals surface area contributed by atoms with Gasteiger partial charge in [0.15, 0.2) is 5.96 Å². The zero-order chi connectivity index (χ0) is 35.3. The molecule has 3 N–H and O–H groups in total. The van der Waals surface area contributed by atoms with E-state index >= 15 is 0 Å². The summed E-state index contributed by atoms with van der Waals surface area (Å²) in [4.78, 5) is 41.6. The van der Waals surface area contributed by atoms with Gasteiger partial charge in [0.05, 0.1) is 23.5 Å². The second-order valence-electron chi connectivity index (χ2n) is 15.6. The van der Waals surface area contributed by atoms with Gasteiger partial charge in [0.25, 0.3) is 5.56 Å². The van der Waals surface area contributed by atoms with Gasteiger partial charge in [0.1, 0.15) is 0 Å². The molecule has 2 aromatic carbocycles. The van der Waals surface area contributed by atoms with Crippen molar-refractivity contribution in [2.45, 2.75) is 78.4 Å². The van der Waals surface area contributed by atoms with Crippen molar-refractivity contribution in [2.24, 2.45) is 34.1 Å². The van der Waals surface area contributed by atoms with Crippen LogP contribution < -0.4 is 21.1 Å². The third-order valence-corrected chi connectivity index (χ3v) is 12.7. The lowest BCUT2D eigenvalue weighted by Crippen LogP contribution is -2.58. The lowest BCUT2D eigenvalue weighted by Gasteiger charge is -2.61. The highest BCUT2D eigenvalue weighted by Crippen LogP contribution is 2.61. The van der Waals surface area contributed by atoms with Crippen molar-refractivity contribution in [2.75, 3.05) is 43.0 Å². The van der Waals surface area contributed by atoms with Crippen molar-refractivity contribution in [3.05, 3.63) is 62.4 Å². The molecule has 12 heteroatoms. The summed E-state index contributed by atoms with van der Waals surface area (Å²) < 4.78 is 1.76. The molecule has 2 saturated heterocycles. The molecule has 3 aromatic rings. The number of halogens is 2. The monoisotopic (exact) mass is 721 g/mol. The standard InChI is InChI=1S/C38H49Cl2N7O3/c1-22-19-46(20-34(49)41-22)36(43-32-16-26-15-30(23(32)2)38(26,3)4)42-28-7-8-29-33(18-28)44-37(45-12-9-24(21-48)10-13-45)47(35(29)50)14-11-25-5-6-27(39)17-31(25)40/h5-8,17-18,22-24,26,30,32,48H,9-16,19-21H2,1-4H3,(H,41,49)(H,42,43)/t22-,23-,26-,30+,32?/m0/s1. The molecule has 5 fully saturated rings. The summed E-state index contributed by atoms with van der Waals surface area (Å²) in [7, 11) is 0. The van der Waals surface area contributed by atoms with Crippen LogP contribution >= 0.6 is 23.2 Å². The maximum atomic E-state index is 14.2. The second kappa shape index (κ2) is 14.0. The number of piperazine rings is 1. The Morgan fingerprint density at radius 2 is 1.88 bits per heavy atom. The van der Waals surface area contributed by atoms with Crippen molar-refractivity contribution in [1.29, 1.82) is 0 Å². The minimum atomic E-state index is -0.112. The van der Waals surface area contributed by atoms with Gasteiger partial charge in [-0.25, -0.2) is 9.98 Å². The average molecular weight is 723 g/mol. The van der Waals surface area contributed by atoms with Crippen LogP contribution in [0.3, 0.4) is 0 Å². The molecule has 10 nitrogen and oxygen atoms in total. The van der Waals surface area contributed by atoms with E-state index < -0.39 is 0 Å². The number of benzene rings is 2. The number of hydrogen-bond acceptors (Lipinski definition) is 6. The van der Waals surface area contributed by atoms with Crippen LogP contribution in [0.5, 0.6) is 0 Å². The van der Waals surface area contributed by atoms with E-state index in [4.69, 9.17) is 33.2 Å². The van der Waals surface area contributed by atoms with Gasteiger partial charge < -0.3 is 25.5 Å². The minimum Gasteiger partial charge on any atom is -0.396 e. The molecule has 5 aliphatic rings. The zero-order valence-corrected chi connectivity index (χ0v) is 31.0. The number of aromatic nitrogens is 2. The number of nitrogens with zero attached hydrogens (tertiary/aromatic N) is 5. The van der Waals surface area contributed by atoms with Crippen molar-refractivity contribution in [3.63, 3.8) is 0 Å². The SMILES string of the molecule is C[C@@H]1C(N=C(Nc2ccc3c(=O)n(CCc4ccc(Cl)cc4Cl)c(N4CCC(CO)CC4)nc3c2)N2CC(=O)N[C@@H](C)C2)C[C@@H]2C[C@H]1C2(C)C. The van der Waals surface area contributed by atoms with E-state index in [2.05, 4.69) is 41.2 Å². The molecule has 1 unspecified atom stereocenters. The largest absolute Gasteiger partial charge is 0.396 e. The highest BCUT2D eigenvalue weighted by molar-refractivity contribution is 6.35. The Morgan fingerprint density at radius 3 is 2.56 bits per heavy atom. The fourth-order valence-corrected chi connectivity index (χ4v) is 9.37. The van der Waals surface area contributed by atoms with E-state index in [1.54, 1.807) is 10.6 Å². The first kappa shape index (κ1) is 35.1. The number of hydrogen-bond donors (Lipinski definition) is 3. The third-order valence-electron chi connectivity index (χ3n) is 12.1. The number of guanidine groups is 1. The van der Waals surface area contributed by atoms with Crippen LogP contribution in [0, 0.1) is 29.1 Å². The zero-order valence-electron chi connectivity index (χ0n) is 29.5. The molecule has 3 aliphatic carbocycles. The van der Waals surface area contributed by atoms with E-state index in [-0.39, 0.29) is 42.6 Å². The number of piperidine rings is 1. The number of amides is 1. The number of nitrogens with one attached hydrogen (secondary N) is 2. The molecule has 3 saturated carbocycles. The molecule has 50 heavy (non-hydrogen) atoms. The number of anilines is 2. The third kappa shape index (κ3) is 6.83. The summed E-state index contributed by atoms with van der Waals surface area (Å²) in [5, 5.41) is 18.1. The molecule has 2 bridgehead atoms. The van der Waals surface area contributed by atoms with Crippen LogP contribution in [0.25, 0.3) is 10.9 Å². The Labute approximate surface area is 304 Å². The molecule has 1 amide bonds. The molecular weight excluding hydrogens is 673 g/mol. The van der Waals surface area contributed by atoms with Crippen molar-refractivity contribution >= 4 is 57.6 Å². The Kier molecular flexibility index (Phi) is 9.82. The highest BCUT2D eigenvalue weighted by atomic mass is 35.5. The van der Waals surface area contributed by atoms with Gasteiger partial charge in [0, 0.05) is 54.6 Å². The lowest BCUT2D eigenvalue weighted by molar-refractivity contribution is -0.124. The van der Waals surface area contributed by atoms with Gasteiger partial charge in [-0.15, -0.1) is 0 Å². The van der Waals surface area contributed by atoms with E-state index in [0.29, 0.717) is 88.6 Å². The summed E-state index contributed by atoms with van der Waals surface area (Å²) in [6.45, 7) is 12.0. The Balaban J connectivity index is 1.23. The van der Waals surface area contributed by atoms with Crippen LogP contribution in [0.15, 0.2) is 46.2 Å². The van der Waals surface area contributed by atoms with Gasteiger partial charge in [-0.3, -0.25) is 14.2 Å². The normalized spacial score (nSPS) is 26.9. The summed E-state index contributed by atoms with van der Waals surface area (Å²) in [6.07, 6.45) is 4.52. The molecule has 2 aliphatic heterocycles. The van der Waals surface area contributed by atoms with Crippen LogP contribution in [0.2, 0.25) is 10.0 Å². The van der Waals surface area contributed by atoms with Crippen LogP contribution in [0.1, 0.15) is 58.9 Å². The van der Waals surface area contributed by atoms with Crippen LogP contribution in [-0.4, -0.2) is 76.3 Å². The summed E-state index contributed by atoms with van der Waals surface area (Å²) in [6, 6.07) is 11.3. The fourth-order valence-electron chi connectivity index (χ4n) is 8.87. The number of rotatable bonds is 7. The molecule has 0 spiro atoms. The number of aryl methyl sites for hydroxylation is 1. The summed E-state index contributed by atoms with van der Waals surface area (Å²) >= 11 is 12.7. The number of fused-ring (bicyclic) bond motifs is 3. The molecule has 268 valence electrons. The maximum absolute atomic E-state index is 14.2. The number of aliphatic imine (C=N–C) groups is 1. The predicted molar refractivity (Wildman–Crippen MR) is 201 cm³/mol. The average Bonchev–Trinajstić information content (AvgIpc) is 3.08. The minimum absolute atomic E-state index is 0.00334. The van der Waals surface area contributed by atoms with Gasteiger partial charge in [-0.2, -0.15) is 0 Å². The lowest BCUT2D eigenvalue weighted by atomic mass is 9.45. The number of aliphatic hydroxyl groups excluding tert-OH is 1. The van der Waals surface area contributed by atoms with Crippen LogP contribution in [-0.2, 0) is 17.8 Å². The second-order valence-corrected chi connectivity index (χ2v) is 16.5. The smallest absolute Gasteiger partial charge is 0.262 e. The fraction of sp³-hybridized carbons (Fsp3) is 0.579. The van der Waals surface area contributed by atoms with E-state index in [1.807, 2.05) is 37.3 Å². The van der Waals surface area contributed by atoms with Crippen LogP contribution in [0.4, 0.5) is 11.6 Å². The number of aliphatic hydroxyl groups is 1. The predicted octanol–water partition coefficient (Wildman–Crippen LogP) is 5.81. The summed E-state index contributed by atoms with van der Waals surface area (Å²) in [5.41, 5.74) is 2.51. The van der Waals surface area contributed by atoms with Gasteiger partial charge >= 0.3 is 0 Å². The van der Waals surface area contributed by atoms with Crippen molar-refractivity contribution in [1.82, 2.24) is 19.8 Å². The molecule has 1 aromatic heterocycles. The first-order valence-electron chi connectivity index (χ1n) is 18.1. The van der Waals surface area contributed by atoms with Crippen molar-refractivity contribution in [3.8, 4) is 0 Å². The van der Waals surface area contributed by atoms with Gasteiger partial charge in [0.2, 0.25) is 11.9 Å². The highest BCUT2D eigenvalue weighted by Gasteiger charge is 2.56. The maximum Gasteiger partial charge on any atom is 0.262 e. The molecule has 8 rings (SSSR count). The first-order chi connectivity index (χ1) is 23.9. The van der Waals surface area contributed by atoms with E-state index in [1.165, 1.54) is 6.42 Å². The van der Waals surface area contributed by atoms with E-state index in [9.17, 15) is 14.7 Å². The Bertz CT molecular complexity index is 1850. The molecule has 3 heterocycles.